The maximum atomic E-state index is 14.4. The summed E-state index contributed by atoms with van der Waals surface area (Å²) in [5.74, 6) is 0.423. The molecule has 2 unspecified atom stereocenters. The van der Waals surface area contributed by atoms with Crippen LogP contribution in [0.1, 0.15) is 108 Å². The molecule has 0 saturated heterocycles. The minimum absolute atomic E-state index is 0.0370. The predicted octanol–water partition coefficient (Wildman–Crippen LogP) is 8.48. The third kappa shape index (κ3) is 6.48. The van der Waals surface area contributed by atoms with Gasteiger partial charge in [0.05, 0.1) is 6.10 Å². The molecule has 2 aromatic rings. The number of hydrogen-bond donors (Lipinski definition) is 0. The van der Waals surface area contributed by atoms with Gasteiger partial charge in [0, 0.05) is 17.8 Å². The molecule has 3 saturated carbocycles. The number of rotatable bonds is 11. The van der Waals surface area contributed by atoms with E-state index >= 15 is 0 Å². The average Bonchev–Trinajstić information content (AvgIpc) is 3.44. The molecule has 0 N–H and O–H groups in total. The molecule has 0 heterocycles. The van der Waals surface area contributed by atoms with Crippen molar-refractivity contribution >= 4 is 39.5 Å². The Labute approximate surface area is 300 Å². The molecule has 8 atom stereocenters. The molecular formula is C42H64O5Si2. The van der Waals surface area contributed by atoms with Crippen molar-refractivity contribution in [3.8, 4) is 0 Å². The molecule has 5 rings (SSSR count). The fourth-order valence-corrected chi connectivity index (χ4v) is 17.2. The van der Waals surface area contributed by atoms with Gasteiger partial charge in [0.25, 0.3) is 8.32 Å². The van der Waals surface area contributed by atoms with E-state index in [4.69, 9.17) is 13.6 Å². The zero-order valence-electron chi connectivity index (χ0n) is 32.1. The second-order valence-corrected chi connectivity index (χ2v) is 24.8. The lowest BCUT2D eigenvalue weighted by atomic mass is 9.43. The van der Waals surface area contributed by atoms with Crippen molar-refractivity contribution in [3.63, 3.8) is 0 Å². The van der Waals surface area contributed by atoms with Crippen LogP contribution in [0.3, 0.4) is 0 Å². The van der Waals surface area contributed by atoms with Crippen molar-refractivity contribution in [2.45, 2.75) is 137 Å². The van der Waals surface area contributed by atoms with Crippen LogP contribution in [0.25, 0.3) is 0 Å². The summed E-state index contributed by atoms with van der Waals surface area (Å²) in [6.07, 6.45) is 4.87. The number of ketones is 1. The summed E-state index contributed by atoms with van der Waals surface area (Å²) >= 11 is 0. The van der Waals surface area contributed by atoms with Crippen LogP contribution >= 0.6 is 0 Å². The number of carbonyl (C=O) groups is 2. The lowest BCUT2D eigenvalue weighted by molar-refractivity contribution is -0.210. The Balaban J connectivity index is 1.55. The summed E-state index contributed by atoms with van der Waals surface area (Å²) in [6.45, 7) is 22.8. The van der Waals surface area contributed by atoms with E-state index in [9.17, 15) is 9.59 Å². The van der Waals surface area contributed by atoms with Crippen molar-refractivity contribution in [1.29, 1.82) is 0 Å². The maximum absolute atomic E-state index is 14.4. The highest BCUT2D eigenvalue weighted by Crippen LogP contribution is 2.68. The summed E-state index contributed by atoms with van der Waals surface area (Å²) in [4.78, 5) is 28.6. The first-order chi connectivity index (χ1) is 23.1. The van der Waals surface area contributed by atoms with Gasteiger partial charge in [-0.2, -0.15) is 0 Å². The molecule has 0 radical (unpaired) electrons. The third-order valence-electron chi connectivity index (χ3n) is 14.0. The summed E-state index contributed by atoms with van der Waals surface area (Å²) < 4.78 is 21.2. The van der Waals surface area contributed by atoms with Gasteiger partial charge in [-0.05, 0) is 82.3 Å². The van der Waals surface area contributed by atoms with Crippen molar-refractivity contribution in [3.05, 3.63) is 60.7 Å². The highest BCUT2D eigenvalue weighted by molar-refractivity contribution is 6.99. The molecule has 270 valence electrons. The summed E-state index contributed by atoms with van der Waals surface area (Å²) in [5.41, 5.74) is -0.780. The Kier molecular flexibility index (Phi) is 11.3. The van der Waals surface area contributed by atoms with Crippen molar-refractivity contribution in [2.24, 2.45) is 34.0 Å². The van der Waals surface area contributed by atoms with Crippen molar-refractivity contribution < 1.29 is 23.2 Å². The fourth-order valence-electron chi connectivity index (χ4n) is 10.8. The normalized spacial score (nSPS) is 33.5. The molecule has 0 aromatic heterocycles. The second kappa shape index (κ2) is 14.5. The van der Waals surface area contributed by atoms with Crippen LogP contribution in [0.15, 0.2) is 60.7 Å². The molecule has 0 aliphatic heterocycles. The zero-order valence-corrected chi connectivity index (χ0v) is 34.3. The van der Waals surface area contributed by atoms with Crippen LogP contribution in [0.4, 0.5) is 0 Å². The van der Waals surface area contributed by atoms with E-state index in [-0.39, 0.29) is 52.3 Å². The Morgan fingerprint density at radius 1 is 0.918 bits per heavy atom. The van der Waals surface area contributed by atoms with Crippen LogP contribution in [-0.2, 0) is 23.2 Å². The number of hydrogen-bond acceptors (Lipinski definition) is 5. The zero-order chi connectivity index (χ0) is 35.8. The van der Waals surface area contributed by atoms with Gasteiger partial charge in [-0.1, -0.05) is 130 Å². The number of benzene rings is 2. The molecule has 0 amide bonds. The highest BCUT2D eigenvalue weighted by atomic mass is 28.4. The predicted molar refractivity (Wildman–Crippen MR) is 205 cm³/mol. The van der Waals surface area contributed by atoms with E-state index in [1.54, 1.807) is 0 Å². The standard InChI is InChI=1S/C42H64O5Si2/c1-11-40(9)28-35(41(10)30(4)24-26-42(27-25-34(43)37(41)42)31(5)38(40)47-48(12-2)13-3)46-36(44)29-45-49(39(6,7)8,32-20-16-14-17-21-32)33-22-18-15-19-23-33/h14-23,30-31,35,37-38,48H,11-13,24-29H2,1-10H3/t30-,31-,35-,37?,38+,40-,41+,42?/m1/s1. The number of Topliss-reactive ketones (excluding diaryl/α,β-unsaturated/α-hetero) is 1. The van der Waals surface area contributed by atoms with Crippen LogP contribution in [0.2, 0.25) is 17.1 Å². The van der Waals surface area contributed by atoms with E-state index in [0.717, 1.165) is 48.1 Å². The molecule has 2 aromatic carbocycles. The van der Waals surface area contributed by atoms with Gasteiger partial charge < -0.3 is 13.6 Å². The second-order valence-electron chi connectivity index (χ2n) is 17.4. The lowest BCUT2D eigenvalue weighted by Gasteiger charge is -2.63. The third-order valence-corrected chi connectivity index (χ3v) is 21.5. The van der Waals surface area contributed by atoms with Gasteiger partial charge in [-0.3, -0.25) is 4.79 Å². The van der Waals surface area contributed by atoms with Crippen LogP contribution in [0.5, 0.6) is 0 Å². The Bertz CT molecular complexity index is 1400. The van der Waals surface area contributed by atoms with Gasteiger partial charge in [0.1, 0.15) is 18.5 Å². The van der Waals surface area contributed by atoms with E-state index in [2.05, 4.69) is 118 Å². The topological polar surface area (TPSA) is 61.8 Å². The van der Waals surface area contributed by atoms with Gasteiger partial charge in [-0.25, -0.2) is 4.79 Å². The van der Waals surface area contributed by atoms with E-state index in [1.165, 1.54) is 0 Å². The summed E-state index contributed by atoms with van der Waals surface area (Å²) in [7, 11) is -4.36. The minimum atomic E-state index is -2.94. The van der Waals surface area contributed by atoms with Gasteiger partial charge in [0.2, 0.25) is 0 Å². The van der Waals surface area contributed by atoms with Gasteiger partial charge in [0.15, 0.2) is 9.04 Å². The van der Waals surface area contributed by atoms with Crippen molar-refractivity contribution in [1.82, 2.24) is 0 Å². The van der Waals surface area contributed by atoms with Crippen LogP contribution in [-0.4, -0.2) is 47.9 Å². The first-order valence-electron chi connectivity index (χ1n) is 19.3. The molecular weight excluding hydrogens is 641 g/mol. The smallest absolute Gasteiger partial charge is 0.331 e. The first-order valence-corrected chi connectivity index (χ1v) is 23.3. The molecule has 0 spiro atoms. The number of carbonyl (C=O) groups excluding carboxylic acids is 2. The Morgan fingerprint density at radius 3 is 2.00 bits per heavy atom. The Hall–Kier alpha value is -2.07. The monoisotopic (exact) mass is 704 g/mol. The number of esters is 1. The summed E-state index contributed by atoms with van der Waals surface area (Å²) in [6, 6.07) is 23.1. The van der Waals surface area contributed by atoms with Gasteiger partial charge in [-0.15, -0.1) is 0 Å². The SMILES string of the molecule is CC[SiH](CC)O[C@H]1[C@@H](C)C23CCC(=O)C2[C@@](C)([C@H](C)CC3)[C@H](OC(=O)CO[Si](c2ccccc2)(c2ccccc2)C(C)(C)C)C[C@@]1(C)CC. The summed E-state index contributed by atoms with van der Waals surface area (Å²) in [5, 5.41) is 2.02. The van der Waals surface area contributed by atoms with E-state index in [1.807, 2.05) is 12.1 Å². The molecule has 3 aliphatic carbocycles. The Morgan fingerprint density at radius 2 is 1.49 bits per heavy atom. The van der Waals surface area contributed by atoms with Crippen LogP contribution in [0, 0.1) is 34.0 Å². The maximum Gasteiger partial charge on any atom is 0.331 e. The lowest BCUT2D eigenvalue weighted by Crippen LogP contribution is -2.67. The van der Waals surface area contributed by atoms with Crippen molar-refractivity contribution in [2.75, 3.05) is 6.61 Å². The van der Waals surface area contributed by atoms with E-state index < -0.39 is 28.9 Å². The molecule has 3 fully saturated rings. The van der Waals surface area contributed by atoms with E-state index in [0.29, 0.717) is 18.6 Å². The number of ether oxygens (including phenoxy) is 1. The quantitative estimate of drug-likeness (QED) is 0.174. The minimum Gasteiger partial charge on any atom is -0.460 e. The fraction of sp³-hybridized carbons (Fsp3) is 0.667. The largest absolute Gasteiger partial charge is 0.460 e. The molecule has 3 aliphatic rings. The van der Waals surface area contributed by atoms with Crippen LogP contribution < -0.4 is 10.4 Å². The first kappa shape index (κ1) is 38.2. The van der Waals surface area contributed by atoms with Gasteiger partial charge >= 0.3 is 5.97 Å². The molecule has 5 nitrogen and oxygen atoms in total. The molecule has 2 bridgehead atoms. The highest BCUT2D eigenvalue weighted by Gasteiger charge is 2.68. The molecule has 49 heavy (non-hydrogen) atoms. The average molecular weight is 705 g/mol. The molecule has 7 heteroatoms.